The van der Waals surface area contributed by atoms with Crippen LogP contribution in [0, 0.1) is 0 Å². The second-order valence-electron chi connectivity index (χ2n) is 9.73. The molecule has 3 N–H and O–H groups in total. The van der Waals surface area contributed by atoms with Gasteiger partial charge in [0.05, 0.1) is 6.54 Å². The number of hydrogen-bond acceptors (Lipinski definition) is 6. The third-order valence-electron chi connectivity index (χ3n) is 7.24. The average Bonchev–Trinajstić information content (AvgIpc) is 3.15. The van der Waals surface area contributed by atoms with Crippen LogP contribution in [-0.2, 0) is 19.4 Å². The van der Waals surface area contributed by atoms with E-state index in [2.05, 4.69) is 5.32 Å². The fourth-order valence-corrected chi connectivity index (χ4v) is 5.56. The van der Waals surface area contributed by atoms with Crippen LogP contribution in [0.4, 0.5) is 17.6 Å². The van der Waals surface area contributed by atoms with Crippen molar-refractivity contribution in [1.82, 2.24) is 15.7 Å². The summed E-state index contributed by atoms with van der Waals surface area (Å²) in [6, 6.07) is 0. The summed E-state index contributed by atoms with van der Waals surface area (Å²) in [4.78, 5) is 26.2. The van der Waals surface area contributed by atoms with Crippen LogP contribution >= 0.6 is 0 Å². The SMILES string of the molecule is C[C@@](CCN1CC2=C(CCC(C3=CC=C(CCNCC(F)(F)F)CC3)=C2F)C1=O)(C(=O)NO)S(C)(=O)=O. The highest BCUT2D eigenvalue weighted by atomic mass is 32.2. The van der Waals surface area contributed by atoms with Crippen LogP contribution in [-0.4, -0.2) is 73.7 Å². The summed E-state index contributed by atoms with van der Waals surface area (Å²) in [7, 11) is -3.94. The first-order valence-electron chi connectivity index (χ1n) is 11.9. The van der Waals surface area contributed by atoms with Crippen molar-refractivity contribution in [1.29, 1.82) is 0 Å². The van der Waals surface area contributed by atoms with Gasteiger partial charge < -0.3 is 10.2 Å². The van der Waals surface area contributed by atoms with Crippen molar-refractivity contribution in [3.8, 4) is 0 Å². The number of rotatable bonds is 10. The molecule has 0 aromatic carbocycles. The minimum atomic E-state index is -4.26. The first kappa shape index (κ1) is 29.1. The molecule has 0 radical (unpaired) electrons. The molecule has 1 heterocycles. The van der Waals surface area contributed by atoms with Crippen molar-refractivity contribution in [2.75, 3.05) is 32.4 Å². The molecule has 0 aromatic rings. The molecule has 2 amide bonds. The van der Waals surface area contributed by atoms with Gasteiger partial charge in [0, 0.05) is 30.5 Å². The van der Waals surface area contributed by atoms with Crippen LogP contribution < -0.4 is 10.8 Å². The second-order valence-corrected chi connectivity index (χ2v) is 12.2. The Labute approximate surface area is 213 Å². The van der Waals surface area contributed by atoms with Crippen molar-refractivity contribution in [2.45, 2.75) is 56.4 Å². The topological polar surface area (TPSA) is 116 Å². The predicted molar refractivity (Wildman–Crippen MR) is 128 cm³/mol. The van der Waals surface area contributed by atoms with Gasteiger partial charge in [0.25, 0.3) is 11.8 Å². The Morgan fingerprint density at radius 1 is 1.11 bits per heavy atom. The van der Waals surface area contributed by atoms with Crippen molar-refractivity contribution < 1.29 is 40.8 Å². The van der Waals surface area contributed by atoms with E-state index in [-0.39, 0.29) is 31.6 Å². The molecule has 0 bridgehead atoms. The van der Waals surface area contributed by atoms with Crippen LogP contribution in [0.15, 0.2) is 45.8 Å². The first-order chi connectivity index (χ1) is 17.2. The Bertz CT molecular complexity index is 1190. The molecule has 13 heteroatoms. The molecule has 1 aliphatic heterocycles. The number of sulfone groups is 1. The molecular weight excluding hydrogens is 518 g/mol. The number of alkyl halides is 3. The third kappa shape index (κ3) is 6.50. The van der Waals surface area contributed by atoms with E-state index in [9.17, 15) is 31.2 Å². The summed E-state index contributed by atoms with van der Waals surface area (Å²) in [5.74, 6) is -2.00. The second kappa shape index (κ2) is 11.1. The summed E-state index contributed by atoms with van der Waals surface area (Å²) in [5, 5.41) is 11.3. The molecule has 3 aliphatic rings. The van der Waals surface area contributed by atoms with Gasteiger partial charge >= 0.3 is 6.18 Å². The smallest absolute Gasteiger partial charge is 0.334 e. The van der Waals surface area contributed by atoms with Crippen molar-refractivity contribution in [2.24, 2.45) is 0 Å². The number of nitrogens with zero attached hydrogens (tertiary/aromatic N) is 1. The highest BCUT2D eigenvalue weighted by molar-refractivity contribution is 7.92. The molecule has 0 saturated carbocycles. The minimum absolute atomic E-state index is 0.0523. The van der Waals surface area contributed by atoms with Gasteiger partial charge in [-0.2, -0.15) is 13.2 Å². The zero-order chi connectivity index (χ0) is 27.6. The van der Waals surface area contributed by atoms with Gasteiger partial charge in [-0.25, -0.2) is 18.3 Å². The Morgan fingerprint density at radius 3 is 2.35 bits per heavy atom. The lowest BCUT2D eigenvalue weighted by Crippen LogP contribution is -2.51. The van der Waals surface area contributed by atoms with E-state index >= 15 is 4.39 Å². The highest BCUT2D eigenvalue weighted by Crippen LogP contribution is 2.41. The van der Waals surface area contributed by atoms with Crippen LogP contribution in [0.2, 0.25) is 0 Å². The predicted octanol–water partition coefficient (Wildman–Crippen LogP) is 3.03. The molecule has 0 spiro atoms. The summed E-state index contributed by atoms with van der Waals surface area (Å²) < 4.78 is 74.6. The Kier molecular flexibility index (Phi) is 8.70. The van der Waals surface area contributed by atoms with E-state index in [0.29, 0.717) is 43.3 Å². The lowest BCUT2D eigenvalue weighted by Gasteiger charge is -2.27. The molecule has 1 atom stereocenters. The lowest BCUT2D eigenvalue weighted by atomic mass is 9.84. The normalized spacial score (nSPS) is 20.5. The summed E-state index contributed by atoms with van der Waals surface area (Å²) in [5.41, 5.74) is 4.20. The van der Waals surface area contributed by atoms with Gasteiger partial charge in [-0.05, 0) is 63.1 Å². The standard InChI is InChI=1S/C24H31F4N3O5S/c1-23(22(33)30-34,37(2,35)36)10-12-31-13-19-18(21(31)32)8-7-17(20(19)25)16-5-3-15(4-6-16)9-11-29-14-24(26,27)28/h3,5,29,34H,4,6-14H2,1-2H3,(H,30,33)/t23-/m1/s1. The fourth-order valence-electron chi connectivity index (χ4n) is 4.71. The monoisotopic (exact) mass is 549 g/mol. The fraction of sp³-hybridized carbons (Fsp3) is 0.583. The number of carbonyl (C=O) groups is 2. The molecule has 2 aliphatic carbocycles. The number of halogens is 4. The largest absolute Gasteiger partial charge is 0.401 e. The maximum atomic E-state index is 15.5. The van der Waals surface area contributed by atoms with Crippen LogP contribution in [0.5, 0.6) is 0 Å². The van der Waals surface area contributed by atoms with Crippen molar-refractivity contribution in [3.05, 3.63) is 45.8 Å². The number of allylic oxidation sites excluding steroid dienone is 4. The van der Waals surface area contributed by atoms with Crippen LogP contribution in [0.25, 0.3) is 0 Å². The number of hydroxylamine groups is 1. The molecule has 8 nitrogen and oxygen atoms in total. The van der Waals surface area contributed by atoms with E-state index in [0.717, 1.165) is 24.3 Å². The van der Waals surface area contributed by atoms with Gasteiger partial charge in [-0.15, -0.1) is 0 Å². The Morgan fingerprint density at radius 2 is 1.78 bits per heavy atom. The molecule has 0 saturated heterocycles. The average molecular weight is 550 g/mol. The number of hydrogen-bond donors (Lipinski definition) is 3. The van der Waals surface area contributed by atoms with Crippen LogP contribution in [0.3, 0.4) is 0 Å². The number of carbonyl (C=O) groups excluding carboxylic acids is 2. The first-order valence-corrected chi connectivity index (χ1v) is 13.8. The molecule has 0 aromatic heterocycles. The maximum Gasteiger partial charge on any atom is 0.401 e. The molecule has 0 unspecified atom stereocenters. The van der Waals surface area contributed by atoms with Crippen LogP contribution in [0.1, 0.15) is 45.4 Å². The summed E-state index contributed by atoms with van der Waals surface area (Å²) >= 11 is 0. The lowest BCUT2D eigenvalue weighted by molar-refractivity contribution is -0.132. The van der Waals surface area contributed by atoms with E-state index in [4.69, 9.17) is 5.21 Å². The molecule has 3 rings (SSSR count). The Balaban J connectivity index is 1.67. The Hall–Kier alpha value is -2.51. The number of amides is 2. The minimum Gasteiger partial charge on any atom is -0.334 e. The van der Waals surface area contributed by atoms with Gasteiger partial charge in [-0.3, -0.25) is 14.8 Å². The zero-order valence-electron chi connectivity index (χ0n) is 20.7. The van der Waals surface area contributed by atoms with Crippen molar-refractivity contribution in [3.63, 3.8) is 0 Å². The maximum absolute atomic E-state index is 15.5. The third-order valence-corrected chi connectivity index (χ3v) is 9.27. The van der Waals surface area contributed by atoms with E-state index in [1.807, 2.05) is 6.08 Å². The quantitative estimate of drug-likeness (QED) is 0.167. The highest BCUT2D eigenvalue weighted by Gasteiger charge is 2.45. The van der Waals surface area contributed by atoms with Gasteiger partial charge in [0.15, 0.2) is 14.6 Å². The molecule has 206 valence electrons. The summed E-state index contributed by atoms with van der Waals surface area (Å²) in [6.07, 6.45) is 2.16. The summed E-state index contributed by atoms with van der Waals surface area (Å²) in [6.45, 7) is 0.128. The van der Waals surface area contributed by atoms with Gasteiger partial charge in [0.2, 0.25) is 0 Å². The molecule has 0 fully saturated rings. The number of nitrogens with one attached hydrogen (secondary N) is 2. The van der Waals surface area contributed by atoms with Crippen molar-refractivity contribution >= 4 is 21.7 Å². The van der Waals surface area contributed by atoms with E-state index < -0.39 is 44.9 Å². The van der Waals surface area contributed by atoms with Gasteiger partial charge in [0.1, 0.15) is 5.83 Å². The van der Waals surface area contributed by atoms with Gasteiger partial charge in [-0.1, -0.05) is 17.7 Å². The molecule has 37 heavy (non-hydrogen) atoms. The molecular formula is C24H31F4N3O5S. The van der Waals surface area contributed by atoms with E-state index in [1.54, 1.807) is 6.08 Å². The zero-order valence-corrected chi connectivity index (χ0v) is 21.5. The van der Waals surface area contributed by atoms with E-state index in [1.165, 1.54) is 10.4 Å².